The molecule has 1 atom stereocenters. The Morgan fingerprint density at radius 2 is 1.65 bits per heavy atom. The van der Waals surface area contributed by atoms with Gasteiger partial charge in [0.25, 0.3) is 0 Å². The van der Waals surface area contributed by atoms with Crippen LogP contribution in [0, 0.1) is 11.0 Å². The first-order valence-electron chi connectivity index (χ1n) is 6.11. The van der Waals surface area contributed by atoms with E-state index in [4.69, 9.17) is 0 Å². The Labute approximate surface area is 115 Å². The van der Waals surface area contributed by atoms with Crippen molar-refractivity contribution in [2.24, 2.45) is 4.99 Å². The van der Waals surface area contributed by atoms with Gasteiger partial charge < -0.3 is 5.21 Å². The lowest BCUT2D eigenvalue weighted by molar-refractivity contribution is -0.674. The predicted octanol–water partition coefficient (Wildman–Crippen LogP) is 3.03. The van der Waals surface area contributed by atoms with Crippen molar-refractivity contribution >= 4 is 17.7 Å². The topological polar surface area (TPSA) is 48.3 Å². The second kappa shape index (κ2) is 4.63. The van der Waals surface area contributed by atoms with Crippen molar-refractivity contribution in [2.45, 2.75) is 0 Å². The summed E-state index contributed by atoms with van der Waals surface area (Å²) in [5.74, 6) is -0.318. The Morgan fingerprint density at radius 3 is 2.30 bits per heavy atom. The van der Waals surface area contributed by atoms with Crippen molar-refractivity contribution < 1.29 is 9.04 Å². The number of benzene rings is 1. The maximum Gasteiger partial charge on any atom is 0.195 e. The van der Waals surface area contributed by atoms with Gasteiger partial charge in [-0.3, -0.25) is 9.63 Å². The first kappa shape index (κ1) is 12.7. The Hall–Kier alpha value is -2.37. The summed E-state index contributed by atoms with van der Waals surface area (Å²) in [6.45, 7) is 0. The third-order valence-electron chi connectivity index (χ3n) is 3.15. The third kappa shape index (κ3) is 2.13. The van der Waals surface area contributed by atoms with Crippen LogP contribution in [0.5, 0.6) is 0 Å². The van der Waals surface area contributed by atoms with E-state index in [1.807, 2.05) is 0 Å². The van der Waals surface area contributed by atoms with Crippen LogP contribution in [0.1, 0.15) is 11.1 Å². The molecule has 2 aromatic rings. The molecule has 1 aliphatic rings. The minimum Gasteiger partial charge on any atom is -0.621 e. The van der Waals surface area contributed by atoms with E-state index in [0.29, 0.717) is 17.0 Å². The summed E-state index contributed by atoms with van der Waals surface area (Å²) in [7, 11) is 1.51. The monoisotopic (exact) mass is 269 g/mol. The van der Waals surface area contributed by atoms with Crippen LogP contribution in [0.2, 0.25) is 0 Å². The van der Waals surface area contributed by atoms with Gasteiger partial charge in [-0.25, -0.2) is 4.39 Å². The Balaban J connectivity index is 2.19. The number of quaternary nitrogens is 1. The lowest BCUT2D eigenvalue weighted by Crippen LogP contribution is -2.31. The minimum atomic E-state index is -0.698. The lowest BCUT2D eigenvalue weighted by Gasteiger charge is -2.31. The molecule has 0 spiro atoms. The molecule has 100 valence electrons. The number of nitrogens with zero attached hydrogens (tertiary/aromatic N) is 3. The van der Waals surface area contributed by atoms with Crippen molar-refractivity contribution in [1.29, 1.82) is 0 Å². The fraction of sp³-hybridized carbons (Fsp3) is 0.0667. The van der Waals surface area contributed by atoms with Gasteiger partial charge in [0.05, 0.1) is 7.05 Å². The number of hydroxylamine groups is 3. The van der Waals surface area contributed by atoms with E-state index in [0.717, 1.165) is 5.56 Å². The van der Waals surface area contributed by atoms with E-state index in [9.17, 15) is 9.60 Å². The first-order chi connectivity index (χ1) is 9.58. The van der Waals surface area contributed by atoms with Crippen LogP contribution in [0.4, 0.5) is 4.39 Å². The molecule has 5 heteroatoms. The van der Waals surface area contributed by atoms with Crippen LogP contribution in [0.3, 0.4) is 0 Å². The highest BCUT2D eigenvalue weighted by Gasteiger charge is 2.29. The summed E-state index contributed by atoms with van der Waals surface area (Å²) in [5.41, 5.74) is 2.56. The molecule has 0 bridgehead atoms. The molecule has 1 aromatic heterocycles. The molecule has 0 radical (unpaired) electrons. The third-order valence-corrected chi connectivity index (χ3v) is 3.15. The van der Waals surface area contributed by atoms with Crippen molar-refractivity contribution in [3.05, 3.63) is 70.9 Å². The normalized spacial score (nSPS) is 21.6. The van der Waals surface area contributed by atoms with Crippen LogP contribution in [-0.4, -0.2) is 23.0 Å². The summed E-state index contributed by atoms with van der Waals surface area (Å²) in [6, 6.07) is 9.48. The maximum atomic E-state index is 13.0. The largest absolute Gasteiger partial charge is 0.621 e. The molecule has 20 heavy (non-hydrogen) atoms. The van der Waals surface area contributed by atoms with Gasteiger partial charge in [0.1, 0.15) is 11.5 Å². The van der Waals surface area contributed by atoms with E-state index < -0.39 is 4.65 Å². The molecule has 0 saturated heterocycles. The smallest absolute Gasteiger partial charge is 0.195 e. The molecule has 1 aromatic carbocycles. The van der Waals surface area contributed by atoms with E-state index >= 15 is 0 Å². The van der Waals surface area contributed by atoms with Crippen molar-refractivity contribution in [3.8, 4) is 0 Å². The molecular formula is C15H12FN3O. The Kier molecular flexibility index (Phi) is 2.93. The van der Waals surface area contributed by atoms with Crippen LogP contribution in [0.25, 0.3) is 11.4 Å². The zero-order chi connectivity index (χ0) is 14.2. The summed E-state index contributed by atoms with van der Waals surface area (Å²) in [5, 5.41) is 12.5. The summed E-state index contributed by atoms with van der Waals surface area (Å²) in [6.07, 6.45) is 4.58. The van der Waals surface area contributed by atoms with E-state index in [2.05, 4.69) is 9.98 Å². The molecule has 2 heterocycles. The number of rotatable bonds is 2. The van der Waals surface area contributed by atoms with Crippen molar-refractivity contribution in [2.75, 3.05) is 7.05 Å². The summed E-state index contributed by atoms with van der Waals surface area (Å²) < 4.78 is 12.3. The quantitative estimate of drug-likeness (QED) is 0.621. The summed E-state index contributed by atoms with van der Waals surface area (Å²) >= 11 is 0. The number of pyridine rings is 1. The number of halogens is 1. The van der Waals surface area contributed by atoms with Crippen LogP contribution >= 0.6 is 0 Å². The molecule has 0 fully saturated rings. The van der Waals surface area contributed by atoms with Crippen LogP contribution < -0.4 is 0 Å². The molecule has 0 aliphatic carbocycles. The fourth-order valence-electron chi connectivity index (χ4n) is 2.22. The number of hydrogen-bond donors (Lipinski definition) is 0. The van der Waals surface area contributed by atoms with Crippen molar-refractivity contribution in [1.82, 2.24) is 4.98 Å². The molecule has 3 rings (SSSR count). The van der Waals surface area contributed by atoms with Gasteiger partial charge in [-0.05, 0) is 36.4 Å². The first-order valence-corrected chi connectivity index (χ1v) is 6.11. The molecular weight excluding hydrogens is 257 g/mol. The fourth-order valence-corrected chi connectivity index (χ4v) is 2.22. The van der Waals surface area contributed by atoms with Crippen LogP contribution in [0.15, 0.2) is 53.8 Å². The van der Waals surface area contributed by atoms with Gasteiger partial charge in [0.2, 0.25) is 0 Å². The SMILES string of the molecule is C[N+]1([O-])C=NC(c2ccc(F)cc2)=C1c1ccncc1. The highest BCUT2D eigenvalue weighted by molar-refractivity contribution is 5.94. The number of hydrogen-bond acceptors (Lipinski definition) is 3. The van der Waals surface area contributed by atoms with Gasteiger partial charge in [-0.15, -0.1) is 0 Å². The minimum absolute atomic E-state index is 0.318. The van der Waals surface area contributed by atoms with Gasteiger partial charge in [-0.1, -0.05) is 0 Å². The summed E-state index contributed by atoms with van der Waals surface area (Å²) in [4.78, 5) is 8.17. The van der Waals surface area contributed by atoms with E-state index in [-0.39, 0.29) is 5.82 Å². The highest BCUT2D eigenvalue weighted by atomic mass is 19.1. The predicted molar refractivity (Wildman–Crippen MR) is 75.5 cm³/mol. The second-order valence-corrected chi connectivity index (χ2v) is 4.67. The zero-order valence-corrected chi connectivity index (χ0v) is 10.8. The Bertz CT molecular complexity index is 691. The van der Waals surface area contributed by atoms with Gasteiger partial charge in [0, 0.05) is 23.5 Å². The van der Waals surface area contributed by atoms with E-state index in [1.165, 1.54) is 25.5 Å². The zero-order valence-electron chi connectivity index (χ0n) is 10.8. The standard InChI is InChI=1S/C15H12FN3O/c1-19(20)10-18-14(11-2-4-13(16)5-3-11)15(19)12-6-8-17-9-7-12/h2-10H,1H3. The van der Waals surface area contributed by atoms with E-state index in [1.54, 1.807) is 36.7 Å². The van der Waals surface area contributed by atoms with Gasteiger partial charge in [0.15, 0.2) is 12.0 Å². The van der Waals surface area contributed by atoms with Gasteiger partial charge >= 0.3 is 0 Å². The molecule has 0 amide bonds. The highest BCUT2D eigenvalue weighted by Crippen LogP contribution is 2.36. The lowest BCUT2D eigenvalue weighted by atomic mass is 10.1. The van der Waals surface area contributed by atoms with Crippen molar-refractivity contribution in [3.63, 3.8) is 0 Å². The number of aliphatic imine (C=N–C) groups is 1. The average molecular weight is 269 g/mol. The average Bonchev–Trinajstić information content (AvgIpc) is 2.76. The number of aromatic nitrogens is 1. The molecule has 4 nitrogen and oxygen atoms in total. The molecule has 1 aliphatic heterocycles. The van der Waals surface area contributed by atoms with Gasteiger partial charge in [-0.2, -0.15) is 4.99 Å². The molecule has 1 unspecified atom stereocenters. The second-order valence-electron chi connectivity index (χ2n) is 4.67. The molecule has 0 saturated carbocycles. The molecule has 0 N–H and O–H groups in total. The van der Waals surface area contributed by atoms with Crippen LogP contribution in [-0.2, 0) is 0 Å². The Morgan fingerprint density at radius 1 is 1.00 bits per heavy atom. The maximum absolute atomic E-state index is 13.0.